The molecule has 6 rings (SSSR count). The Kier molecular flexibility index (Phi) is 6.75. The summed E-state index contributed by atoms with van der Waals surface area (Å²) in [6.07, 6.45) is 8.02. The molecule has 0 amide bonds. The Balaban J connectivity index is 1.33. The van der Waals surface area contributed by atoms with Crippen molar-refractivity contribution < 1.29 is 18.6 Å². The third kappa shape index (κ3) is 4.31. The standard InChI is InChI=1S/C28H32FN5O4/c1-32-22-15-30-21-13-20(29)24(27-25(21)26(22)34(28(32)35)19(16-36-2)17-38-27)18-7-8-23(31-14-18)37-12-6-11-33-9-4-3-5-10-33/h7-8,13-15,19H,3-6,9-12,16-17H2,1-2H3. The van der Waals surface area contributed by atoms with Crippen molar-refractivity contribution >= 4 is 21.9 Å². The average Bonchev–Trinajstić information content (AvgIpc) is 3.07. The minimum absolute atomic E-state index is 0.152. The molecule has 0 radical (unpaired) electrons. The molecule has 9 nitrogen and oxygen atoms in total. The number of methoxy groups -OCH3 is 1. The Bertz CT molecular complexity index is 1530. The van der Waals surface area contributed by atoms with Gasteiger partial charge in [0.25, 0.3) is 0 Å². The zero-order valence-corrected chi connectivity index (χ0v) is 21.8. The van der Waals surface area contributed by atoms with Crippen LogP contribution in [0.3, 0.4) is 0 Å². The van der Waals surface area contributed by atoms with Crippen molar-refractivity contribution in [2.24, 2.45) is 7.05 Å². The van der Waals surface area contributed by atoms with Gasteiger partial charge in [0.15, 0.2) is 0 Å². The van der Waals surface area contributed by atoms with Gasteiger partial charge >= 0.3 is 5.69 Å². The van der Waals surface area contributed by atoms with Gasteiger partial charge in [0, 0.05) is 44.6 Å². The number of rotatable bonds is 8. The predicted molar refractivity (Wildman–Crippen MR) is 142 cm³/mol. The second-order valence-electron chi connectivity index (χ2n) is 10.1. The van der Waals surface area contributed by atoms with Gasteiger partial charge < -0.3 is 19.1 Å². The maximum atomic E-state index is 15.6. The van der Waals surface area contributed by atoms with E-state index < -0.39 is 5.82 Å². The number of aryl methyl sites for hydroxylation is 1. The van der Waals surface area contributed by atoms with E-state index in [0.29, 0.717) is 45.7 Å². The second kappa shape index (κ2) is 10.3. The molecule has 0 spiro atoms. The van der Waals surface area contributed by atoms with Crippen molar-refractivity contribution in [2.45, 2.75) is 31.7 Å². The van der Waals surface area contributed by atoms with Crippen LogP contribution in [0.25, 0.3) is 33.1 Å². The third-order valence-electron chi connectivity index (χ3n) is 7.60. The predicted octanol–water partition coefficient (Wildman–Crippen LogP) is 3.92. The van der Waals surface area contributed by atoms with Crippen molar-refractivity contribution in [1.82, 2.24) is 24.0 Å². The Hall–Kier alpha value is -3.50. The van der Waals surface area contributed by atoms with E-state index in [1.165, 1.54) is 38.4 Å². The molecular formula is C28H32FN5O4. The summed E-state index contributed by atoms with van der Waals surface area (Å²) in [5.74, 6) is 0.390. The molecule has 2 aliphatic heterocycles. The second-order valence-corrected chi connectivity index (χ2v) is 10.1. The molecule has 3 aromatic heterocycles. The van der Waals surface area contributed by atoms with Crippen LogP contribution in [0.2, 0.25) is 0 Å². The first-order chi connectivity index (χ1) is 18.6. The lowest BCUT2D eigenvalue weighted by atomic mass is 10.0. The van der Waals surface area contributed by atoms with Gasteiger partial charge in [0.1, 0.15) is 18.2 Å². The summed E-state index contributed by atoms with van der Waals surface area (Å²) in [6, 6.07) is 4.57. The highest BCUT2D eigenvalue weighted by Crippen LogP contribution is 2.43. The van der Waals surface area contributed by atoms with E-state index in [-0.39, 0.29) is 30.5 Å². The summed E-state index contributed by atoms with van der Waals surface area (Å²) >= 11 is 0. The molecule has 1 aromatic carbocycles. The Morgan fingerprint density at radius 1 is 1.16 bits per heavy atom. The summed E-state index contributed by atoms with van der Waals surface area (Å²) in [4.78, 5) is 24.6. The van der Waals surface area contributed by atoms with Gasteiger partial charge in [-0.25, -0.2) is 14.2 Å². The molecule has 10 heteroatoms. The maximum absolute atomic E-state index is 15.6. The zero-order chi connectivity index (χ0) is 26.2. The summed E-state index contributed by atoms with van der Waals surface area (Å²) in [5.41, 5.74) is 2.40. The lowest BCUT2D eigenvalue weighted by Crippen LogP contribution is -2.31. The molecular weight excluding hydrogens is 489 g/mol. The van der Waals surface area contributed by atoms with Gasteiger partial charge in [-0.15, -0.1) is 0 Å². The summed E-state index contributed by atoms with van der Waals surface area (Å²) in [7, 11) is 3.29. The van der Waals surface area contributed by atoms with E-state index in [2.05, 4.69) is 14.9 Å². The first-order valence-electron chi connectivity index (χ1n) is 13.2. The molecule has 0 bridgehead atoms. The molecule has 1 saturated heterocycles. The minimum atomic E-state index is -0.466. The van der Waals surface area contributed by atoms with Crippen molar-refractivity contribution in [3.05, 3.63) is 46.9 Å². The van der Waals surface area contributed by atoms with Crippen LogP contribution in [0.1, 0.15) is 31.7 Å². The fraction of sp³-hybridized carbons (Fsp3) is 0.464. The van der Waals surface area contributed by atoms with Crippen LogP contribution < -0.4 is 15.2 Å². The Morgan fingerprint density at radius 2 is 2.00 bits per heavy atom. The number of likely N-dealkylation sites (tertiary alicyclic amines) is 1. The number of piperidine rings is 1. The van der Waals surface area contributed by atoms with Crippen LogP contribution in [-0.2, 0) is 11.8 Å². The van der Waals surface area contributed by atoms with Crippen molar-refractivity contribution in [2.75, 3.05) is 46.6 Å². The summed E-state index contributed by atoms with van der Waals surface area (Å²) < 4.78 is 36.3. The monoisotopic (exact) mass is 521 g/mol. The number of ether oxygens (including phenoxy) is 3. The molecule has 4 aromatic rings. The first-order valence-corrected chi connectivity index (χ1v) is 13.2. The highest BCUT2D eigenvalue weighted by molar-refractivity contribution is 6.09. The lowest BCUT2D eigenvalue weighted by molar-refractivity contribution is 0.124. The molecule has 38 heavy (non-hydrogen) atoms. The van der Waals surface area contributed by atoms with Crippen molar-refractivity contribution in [1.29, 1.82) is 0 Å². The van der Waals surface area contributed by atoms with Gasteiger partial charge in [-0.2, -0.15) is 0 Å². The zero-order valence-electron chi connectivity index (χ0n) is 21.8. The Labute approximate surface area is 219 Å². The molecule has 2 aliphatic rings. The number of benzene rings is 1. The van der Waals surface area contributed by atoms with E-state index in [0.717, 1.165) is 13.0 Å². The maximum Gasteiger partial charge on any atom is 0.329 e. The van der Waals surface area contributed by atoms with Crippen LogP contribution in [0.5, 0.6) is 11.6 Å². The van der Waals surface area contributed by atoms with Crippen LogP contribution in [0.15, 0.2) is 35.4 Å². The number of aromatic nitrogens is 4. The Morgan fingerprint density at radius 3 is 2.76 bits per heavy atom. The average molecular weight is 522 g/mol. The molecule has 5 heterocycles. The molecule has 0 aliphatic carbocycles. The normalized spacial score (nSPS) is 17.7. The highest BCUT2D eigenvalue weighted by Gasteiger charge is 2.30. The number of halogens is 1. The van der Waals surface area contributed by atoms with Crippen molar-refractivity contribution in [3.63, 3.8) is 0 Å². The van der Waals surface area contributed by atoms with Crippen LogP contribution in [0.4, 0.5) is 4.39 Å². The number of imidazole rings is 1. The molecule has 1 unspecified atom stereocenters. The van der Waals surface area contributed by atoms with Gasteiger partial charge in [-0.3, -0.25) is 14.1 Å². The summed E-state index contributed by atoms with van der Waals surface area (Å²) in [6.45, 7) is 4.37. The molecule has 0 N–H and O–H groups in total. The largest absolute Gasteiger partial charge is 0.490 e. The lowest BCUT2D eigenvalue weighted by Gasteiger charge is -2.26. The fourth-order valence-corrected chi connectivity index (χ4v) is 5.70. The van der Waals surface area contributed by atoms with E-state index in [4.69, 9.17) is 14.2 Å². The SMILES string of the molecule is COCC1COc2c(-c3ccc(OCCCN4CCCCC4)nc3)c(F)cc3ncc4c(c23)n1c(=O)n4C. The third-order valence-corrected chi connectivity index (χ3v) is 7.60. The van der Waals surface area contributed by atoms with E-state index in [9.17, 15) is 4.79 Å². The van der Waals surface area contributed by atoms with Crippen LogP contribution >= 0.6 is 0 Å². The fourth-order valence-electron chi connectivity index (χ4n) is 5.70. The molecule has 1 fully saturated rings. The van der Waals surface area contributed by atoms with Crippen LogP contribution in [0, 0.1) is 5.82 Å². The smallest absolute Gasteiger partial charge is 0.329 e. The van der Waals surface area contributed by atoms with Gasteiger partial charge in [-0.05, 0) is 38.4 Å². The molecule has 0 saturated carbocycles. The first kappa shape index (κ1) is 24.8. The quantitative estimate of drug-likeness (QED) is 0.325. The number of pyridine rings is 2. The number of nitrogens with zero attached hydrogens (tertiary/aromatic N) is 5. The summed E-state index contributed by atoms with van der Waals surface area (Å²) in [5, 5.41) is 0.605. The number of hydrogen-bond donors (Lipinski definition) is 0. The topological polar surface area (TPSA) is 83.6 Å². The molecule has 1 atom stereocenters. The van der Waals surface area contributed by atoms with Crippen molar-refractivity contribution in [3.8, 4) is 22.8 Å². The van der Waals surface area contributed by atoms with E-state index in [1.54, 1.807) is 47.8 Å². The van der Waals surface area contributed by atoms with Gasteiger partial charge in [0.2, 0.25) is 5.88 Å². The minimum Gasteiger partial charge on any atom is -0.490 e. The molecule has 200 valence electrons. The van der Waals surface area contributed by atoms with E-state index in [1.807, 2.05) is 0 Å². The van der Waals surface area contributed by atoms with Gasteiger partial charge in [-0.1, -0.05) is 6.42 Å². The van der Waals surface area contributed by atoms with Crippen LogP contribution in [-0.4, -0.2) is 70.6 Å². The van der Waals surface area contributed by atoms with E-state index >= 15 is 4.39 Å². The van der Waals surface area contributed by atoms with Gasteiger partial charge in [0.05, 0.1) is 53.0 Å². The highest BCUT2D eigenvalue weighted by atomic mass is 19.1. The number of hydrogen-bond acceptors (Lipinski definition) is 7.